The molecule has 5 aromatic rings. The van der Waals surface area contributed by atoms with Crippen LogP contribution < -0.4 is 5.32 Å². The summed E-state index contributed by atoms with van der Waals surface area (Å²) >= 11 is 0. The Kier molecular flexibility index (Phi) is 5.71. The van der Waals surface area contributed by atoms with E-state index in [0.29, 0.717) is 30.9 Å². The zero-order valence-electron chi connectivity index (χ0n) is 21.0. The van der Waals surface area contributed by atoms with Crippen molar-refractivity contribution in [3.63, 3.8) is 0 Å². The highest BCUT2D eigenvalue weighted by Crippen LogP contribution is 2.22. The highest BCUT2D eigenvalue weighted by molar-refractivity contribution is 5.97. The SMILES string of the molecule is CC(=N)N1CCc2[nH]c(Cc3nc4ccc(C(=O)NCc5ccc6ccccc6c5)cc4n3C)nc2C1. The fourth-order valence-corrected chi connectivity index (χ4v) is 5.04. The topological polar surface area (TPSA) is 103 Å². The molecule has 2 aromatic heterocycles. The molecule has 0 fully saturated rings. The molecule has 1 amide bonds. The Hall–Kier alpha value is -4.46. The quantitative estimate of drug-likeness (QED) is 0.252. The number of aryl methyl sites for hydroxylation is 1. The van der Waals surface area contributed by atoms with Gasteiger partial charge in [0.2, 0.25) is 0 Å². The van der Waals surface area contributed by atoms with Crippen LogP contribution in [0.3, 0.4) is 0 Å². The van der Waals surface area contributed by atoms with Gasteiger partial charge >= 0.3 is 0 Å². The van der Waals surface area contributed by atoms with Crippen molar-refractivity contribution in [3.05, 3.63) is 94.8 Å². The summed E-state index contributed by atoms with van der Waals surface area (Å²) < 4.78 is 2.03. The smallest absolute Gasteiger partial charge is 0.251 e. The number of hydrogen-bond donors (Lipinski definition) is 3. The summed E-state index contributed by atoms with van der Waals surface area (Å²) in [7, 11) is 1.98. The molecule has 1 aliphatic rings. The molecule has 0 spiro atoms. The average molecular weight is 492 g/mol. The molecule has 8 nitrogen and oxygen atoms in total. The van der Waals surface area contributed by atoms with Crippen LogP contribution in [0, 0.1) is 5.41 Å². The Morgan fingerprint density at radius 1 is 1.08 bits per heavy atom. The predicted octanol–water partition coefficient (Wildman–Crippen LogP) is 4.33. The van der Waals surface area contributed by atoms with Crippen LogP contribution in [0.4, 0.5) is 0 Å². The molecule has 3 heterocycles. The molecular formula is C29H29N7O. The van der Waals surface area contributed by atoms with E-state index in [1.54, 1.807) is 0 Å². The minimum absolute atomic E-state index is 0.109. The van der Waals surface area contributed by atoms with Crippen molar-refractivity contribution < 1.29 is 4.79 Å². The number of nitrogens with zero attached hydrogens (tertiary/aromatic N) is 4. The van der Waals surface area contributed by atoms with Crippen LogP contribution in [0.25, 0.3) is 21.8 Å². The van der Waals surface area contributed by atoms with E-state index >= 15 is 0 Å². The molecule has 0 radical (unpaired) electrons. The van der Waals surface area contributed by atoms with Crippen LogP contribution in [-0.4, -0.2) is 42.7 Å². The first kappa shape index (κ1) is 23.0. The summed E-state index contributed by atoms with van der Waals surface area (Å²) in [5, 5.41) is 13.3. The lowest BCUT2D eigenvalue weighted by Crippen LogP contribution is -2.33. The average Bonchev–Trinajstić information content (AvgIpc) is 3.46. The van der Waals surface area contributed by atoms with Crippen molar-refractivity contribution in [2.24, 2.45) is 7.05 Å². The number of aromatic nitrogens is 4. The number of carbonyl (C=O) groups excluding carboxylic acids is 1. The standard InChI is InChI=1S/C29H29N7O/c1-18(30)36-12-11-23-25(17-36)33-27(32-23)15-28-34-24-10-9-22(14-26(24)35(28)2)29(37)31-16-19-7-8-20-5-3-4-6-21(20)13-19/h3-10,13-14,30H,11-12,15-17H2,1-2H3,(H,31,37)(H,32,33). The Morgan fingerprint density at radius 2 is 1.92 bits per heavy atom. The third-order valence-electron chi connectivity index (χ3n) is 7.19. The number of H-pyrrole nitrogens is 1. The van der Waals surface area contributed by atoms with Gasteiger partial charge in [0.25, 0.3) is 5.91 Å². The number of amides is 1. The van der Waals surface area contributed by atoms with Crippen molar-refractivity contribution in [3.8, 4) is 0 Å². The third kappa shape index (κ3) is 4.46. The van der Waals surface area contributed by atoms with Gasteiger partial charge in [0.1, 0.15) is 11.6 Å². The molecule has 0 saturated carbocycles. The molecule has 0 unspecified atom stereocenters. The van der Waals surface area contributed by atoms with Crippen molar-refractivity contribution in [2.45, 2.75) is 32.9 Å². The van der Waals surface area contributed by atoms with E-state index in [-0.39, 0.29) is 5.91 Å². The normalized spacial score (nSPS) is 13.2. The van der Waals surface area contributed by atoms with Gasteiger partial charge in [0.05, 0.1) is 35.5 Å². The van der Waals surface area contributed by atoms with Crippen LogP contribution >= 0.6 is 0 Å². The van der Waals surface area contributed by atoms with E-state index in [1.807, 2.05) is 53.8 Å². The van der Waals surface area contributed by atoms with E-state index in [1.165, 1.54) is 5.39 Å². The molecule has 37 heavy (non-hydrogen) atoms. The molecular weight excluding hydrogens is 462 g/mol. The van der Waals surface area contributed by atoms with Gasteiger partial charge in [0.15, 0.2) is 0 Å². The first-order valence-corrected chi connectivity index (χ1v) is 12.5. The van der Waals surface area contributed by atoms with Gasteiger partial charge in [-0.25, -0.2) is 9.97 Å². The fraction of sp³-hybridized carbons (Fsp3) is 0.241. The van der Waals surface area contributed by atoms with Gasteiger partial charge in [-0.15, -0.1) is 0 Å². The molecule has 186 valence electrons. The molecule has 8 heteroatoms. The molecule has 0 saturated heterocycles. The second-order valence-corrected chi connectivity index (χ2v) is 9.70. The number of rotatable bonds is 5. The van der Waals surface area contributed by atoms with E-state index in [9.17, 15) is 4.79 Å². The molecule has 6 rings (SSSR count). The summed E-state index contributed by atoms with van der Waals surface area (Å²) in [6.07, 6.45) is 1.43. The van der Waals surface area contributed by atoms with Gasteiger partial charge in [-0.05, 0) is 47.5 Å². The molecule has 1 aliphatic heterocycles. The van der Waals surface area contributed by atoms with Crippen LogP contribution in [0.2, 0.25) is 0 Å². The Bertz CT molecular complexity index is 1660. The zero-order chi connectivity index (χ0) is 25.5. The number of aromatic amines is 1. The van der Waals surface area contributed by atoms with Crippen molar-refractivity contribution in [2.75, 3.05) is 6.54 Å². The second-order valence-electron chi connectivity index (χ2n) is 9.70. The predicted molar refractivity (Wildman–Crippen MR) is 145 cm³/mol. The van der Waals surface area contributed by atoms with Crippen LogP contribution in [0.5, 0.6) is 0 Å². The highest BCUT2D eigenvalue weighted by Gasteiger charge is 2.21. The molecule has 3 N–H and O–H groups in total. The van der Waals surface area contributed by atoms with Crippen molar-refractivity contribution >= 4 is 33.5 Å². The number of amidine groups is 1. The summed E-state index contributed by atoms with van der Waals surface area (Å²) in [5.41, 5.74) is 5.60. The molecule has 0 bridgehead atoms. The fourth-order valence-electron chi connectivity index (χ4n) is 5.04. The van der Waals surface area contributed by atoms with Crippen molar-refractivity contribution in [1.29, 1.82) is 5.41 Å². The van der Waals surface area contributed by atoms with E-state index in [0.717, 1.165) is 58.0 Å². The number of nitrogens with one attached hydrogen (secondary N) is 3. The summed E-state index contributed by atoms with van der Waals surface area (Å²) in [6, 6.07) is 20.1. The summed E-state index contributed by atoms with van der Waals surface area (Å²) in [5.74, 6) is 2.22. The van der Waals surface area contributed by atoms with Gasteiger partial charge < -0.3 is 19.8 Å². The Morgan fingerprint density at radius 3 is 2.76 bits per heavy atom. The van der Waals surface area contributed by atoms with Crippen LogP contribution in [0.1, 0.15) is 45.9 Å². The van der Waals surface area contributed by atoms with E-state index in [2.05, 4.69) is 40.6 Å². The van der Waals surface area contributed by atoms with Crippen LogP contribution in [-0.2, 0) is 33.0 Å². The molecule has 3 aromatic carbocycles. The molecule has 0 atom stereocenters. The lowest BCUT2D eigenvalue weighted by Gasteiger charge is -2.26. The lowest BCUT2D eigenvalue weighted by atomic mass is 10.1. The van der Waals surface area contributed by atoms with Gasteiger partial charge in [-0.1, -0.05) is 36.4 Å². The van der Waals surface area contributed by atoms with Gasteiger partial charge in [0, 0.05) is 37.8 Å². The van der Waals surface area contributed by atoms with E-state index < -0.39 is 0 Å². The number of imidazole rings is 2. The minimum atomic E-state index is -0.109. The first-order valence-electron chi connectivity index (χ1n) is 12.5. The first-order chi connectivity index (χ1) is 17.9. The Balaban J connectivity index is 1.17. The third-order valence-corrected chi connectivity index (χ3v) is 7.19. The number of benzene rings is 3. The number of hydrogen-bond acceptors (Lipinski definition) is 4. The Labute approximate surface area is 214 Å². The highest BCUT2D eigenvalue weighted by atomic mass is 16.1. The number of fused-ring (bicyclic) bond motifs is 3. The lowest BCUT2D eigenvalue weighted by molar-refractivity contribution is 0.0951. The summed E-state index contributed by atoms with van der Waals surface area (Å²) in [4.78, 5) is 28.0. The second kappa shape index (κ2) is 9.20. The van der Waals surface area contributed by atoms with Gasteiger partial charge in [-0.2, -0.15) is 0 Å². The summed E-state index contributed by atoms with van der Waals surface area (Å²) in [6.45, 7) is 3.79. The van der Waals surface area contributed by atoms with Gasteiger partial charge in [-0.3, -0.25) is 10.2 Å². The largest absolute Gasteiger partial charge is 0.354 e. The minimum Gasteiger partial charge on any atom is -0.354 e. The molecule has 0 aliphatic carbocycles. The van der Waals surface area contributed by atoms with Crippen LogP contribution in [0.15, 0.2) is 60.7 Å². The maximum Gasteiger partial charge on any atom is 0.251 e. The maximum absolute atomic E-state index is 12.9. The monoisotopic (exact) mass is 491 g/mol. The van der Waals surface area contributed by atoms with E-state index in [4.69, 9.17) is 15.4 Å². The maximum atomic E-state index is 12.9. The van der Waals surface area contributed by atoms with Crippen molar-refractivity contribution in [1.82, 2.24) is 29.7 Å². The number of carbonyl (C=O) groups is 1. The zero-order valence-corrected chi connectivity index (χ0v) is 21.0.